The van der Waals surface area contributed by atoms with Crippen LogP contribution in [0.3, 0.4) is 0 Å². The van der Waals surface area contributed by atoms with E-state index < -0.39 is 0 Å². The molecule has 0 aliphatic carbocycles. The highest BCUT2D eigenvalue weighted by molar-refractivity contribution is 7.09. The van der Waals surface area contributed by atoms with E-state index in [0.717, 1.165) is 44.3 Å². The first kappa shape index (κ1) is 19.8. The van der Waals surface area contributed by atoms with Crippen LogP contribution in [0.1, 0.15) is 30.6 Å². The van der Waals surface area contributed by atoms with E-state index in [1.54, 1.807) is 18.4 Å². The van der Waals surface area contributed by atoms with Crippen molar-refractivity contribution in [3.05, 3.63) is 52.5 Å². The molecule has 0 bridgehead atoms. The molecule has 3 heterocycles. The predicted octanol–water partition coefficient (Wildman–Crippen LogP) is 3.31. The van der Waals surface area contributed by atoms with E-state index in [9.17, 15) is 0 Å². The smallest absolute Gasteiger partial charge is 0.169 e. The average molecular weight is 413 g/mol. The monoisotopic (exact) mass is 412 g/mol. The molecule has 0 radical (unpaired) electrons. The van der Waals surface area contributed by atoms with Crippen LogP contribution >= 0.6 is 11.3 Å². The fourth-order valence-electron chi connectivity index (χ4n) is 4.02. The highest BCUT2D eigenvalue weighted by Crippen LogP contribution is 2.29. The number of anilines is 1. The van der Waals surface area contributed by atoms with Crippen LogP contribution in [0.15, 0.2) is 41.8 Å². The maximum Gasteiger partial charge on any atom is 0.169 e. The first-order valence-corrected chi connectivity index (χ1v) is 10.9. The van der Waals surface area contributed by atoms with Gasteiger partial charge in [0.05, 0.1) is 19.7 Å². The molecule has 0 N–H and O–H groups in total. The van der Waals surface area contributed by atoms with Gasteiger partial charge >= 0.3 is 0 Å². The van der Waals surface area contributed by atoms with E-state index in [-0.39, 0.29) is 6.04 Å². The summed E-state index contributed by atoms with van der Waals surface area (Å²) in [5, 5.41) is 14.8. The summed E-state index contributed by atoms with van der Waals surface area (Å²) in [5.41, 5.74) is 1.24. The fourth-order valence-corrected chi connectivity index (χ4v) is 4.71. The van der Waals surface area contributed by atoms with E-state index >= 15 is 0 Å². The molecule has 0 spiro atoms. The van der Waals surface area contributed by atoms with Gasteiger partial charge in [-0.25, -0.2) is 4.68 Å². The Morgan fingerprint density at radius 3 is 2.45 bits per heavy atom. The molecule has 29 heavy (non-hydrogen) atoms. The zero-order chi connectivity index (χ0) is 20.2. The SMILES string of the molecule is COc1ccc(N2CCN([C@H](c3nnnn3Cc3cccs3)C(C)C)CC2)cc1. The summed E-state index contributed by atoms with van der Waals surface area (Å²) in [6.07, 6.45) is 0. The lowest BCUT2D eigenvalue weighted by molar-refractivity contribution is 0.135. The second kappa shape index (κ2) is 8.92. The molecule has 7 nitrogen and oxygen atoms in total. The quantitative estimate of drug-likeness (QED) is 0.593. The Balaban J connectivity index is 1.46. The summed E-state index contributed by atoms with van der Waals surface area (Å²) in [4.78, 5) is 6.23. The van der Waals surface area contributed by atoms with Gasteiger partial charge in [-0.3, -0.25) is 4.90 Å². The third kappa shape index (κ3) is 4.43. The van der Waals surface area contributed by atoms with Crippen LogP contribution in [0.4, 0.5) is 5.69 Å². The molecule has 1 atom stereocenters. The van der Waals surface area contributed by atoms with Crippen LogP contribution in [-0.4, -0.2) is 58.4 Å². The number of ether oxygens (including phenoxy) is 1. The highest BCUT2D eigenvalue weighted by atomic mass is 32.1. The van der Waals surface area contributed by atoms with Gasteiger partial charge < -0.3 is 9.64 Å². The van der Waals surface area contributed by atoms with E-state index in [4.69, 9.17) is 4.74 Å². The molecule has 8 heteroatoms. The first-order valence-electron chi connectivity index (χ1n) is 10.1. The Morgan fingerprint density at radius 1 is 1.07 bits per heavy atom. The topological polar surface area (TPSA) is 59.3 Å². The molecule has 1 aromatic carbocycles. The lowest BCUT2D eigenvalue weighted by Crippen LogP contribution is -2.49. The van der Waals surface area contributed by atoms with Gasteiger partial charge in [-0.1, -0.05) is 19.9 Å². The molecule has 0 unspecified atom stereocenters. The Labute approximate surface area is 175 Å². The second-order valence-electron chi connectivity index (χ2n) is 7.68. The standard InChI is InChI=1S/C21H28N6OS/c1-16(2)20(21-22-23-24-27(21)15-19-5-4-14-29-19)26-12-10-25(11-13-26)17-6-8-18(28-3)9-7-17/h4-9,14,16,20H,10-13,15H2,1-3H3/t20-/m0/s1. The number of piperazine rings is 1. The van der Waals surface area contributed by atoms with E-state index in [1.807, 2.05) is 16.8 Å². The van der Waals surface area contributed by atoms with Crippen LogP contribution in [0.2, 0.25) is 0 Å². The lowest BCUT2D eigenvalue weighted by Gasteiger charge is -2.41. The molecule has 3 aromatic rings. The van der Waals surface area contributed by atoms with Gasteiger partial charge in [0.2, 0.25) is 0 Å². The summed E-state index contributed by atoms with van der Waals surface area (Å²) in [6, 6.07) is 12.7. The zero-order valence-electron chi connectivity index (χ0n) is 17.2. The number of rotatable bonds is 7. The van der Waals surface area contributed by atoms with Crippen LogP contribution in [-0.2, 0) is 6.54 Å². The number of tetrazole rings is 1. The lowest BCUT2D eigenvalue weighted by atomic mass is 10.0. The van der Waals surface area contributed by atoms with Crippen molar-refractivity contribution >= 4 is 17.0 Å². The average Bonchev–Trinajstić information content (AvgIpc) is 3.42. The summed E-state index contributed by atoms with van der Waals surface area (Å²) in [7, 11) is 1.70. The number of hydrogen-bond donors (Lipinski definition) is 0. The minimum absolute atomic E-state index is 0.211. The van der Waals surface area contributed by atoms with Gasteiger partial charge in [0.1, 0.15) is 5.75 Å². The molecule has 4 rings (SSSR count). The number of benzene rings is 1. The minimum Gasteiger partial charge on any atom is -0.497 e. The third-order valence-corrected chi connectivity index (χ3v) is 6.35. The number of methoxy groups -OCH3 is 1. The van der Waals surface area contributed by atoms with Crippen LogP contribution < -0.4 is 9.64 Å². The molecular weight excluding hydrogens is 384 g/mol. The Kier molecular flexibility index (Phi) is 6.10. The summed E-state index contributed by atoms with van der Waals surface area (Å²) < 4.78 is 7.24. The summed E-state index contributed by atoms with van der Waals surface area (Å²) in [5.74, 6) is 2.28. The van der Waals surface area contributed by atoms with E-state index in [0.29, 0.717) is 5.92 Å². The fraction of sp³-hybridized carbons (Fsp3) is 0.476. The highest BCUT2D eigenvalue weighted by Gasteiger charge is 2.31. The number of nitrogens with zero attached hydrogens (tertiary/aromatic N) is 6. The van der Waals surface area contributed by atoms with Gasteiger partial charge in [-0.05, 0) is 52.1 Å². The Bertz CT molecular complexity index is 884. The maximum atomic E-state index is 5.27. The van der Waals surface area contributed by atoms with Gasteiger partial charge in [0.15, 0.2) is 5.82 Å². The van der Waals surface area contributed by atoms with Crippen molar-refractivity contribution in [2.45, 2.75) is 26.4 Å². The van der Waals surface area contributed by atoms with Crippen LogP contribution in [0.25, 0.3) is 0 Å². The van der Waals surface area contributed by atoms with Gasteiger partial charge in [-0.15, -0.1) is 16.4 Å². The molecule has 0 amide bonds. The molecule has 1 aliphatic heterocycles. The maximum absolute atomic E-state index is 5.27. The molecular formula is C21H28N6OS. The minimum atomic E-state index is 0.211. The number of hydrogen-bond acceptors (Lipinski definition) is 7. The van der Waals surface area contributed by atoms with E-state index in [2.05, 4.69) is 68.8 Å². The van der Waals surface area contributed by atoms with E-state index in [1.165, 1.54) is 10.6 Å². The zero-order valence-corrected chi connectivity index (χ0v) is 18.0. The van der Waals surface area contributed by atoms with Crippen LogP contribution in [0.5, 0.6) is 5.75 Å². The van der Waals surface area contributed by atoms with Gasteiger partial charge in [0.25, 0.3) is 0 Å². The molecule has 1 saturated heterocycles. The summed E-state index contributed by atoms with van der Waals surface area (Å²) >= 11 is 1.74. The number of aromatic nitrogens is 4. The molecule has 0 saturated carbocycles. The molecule has 154 valence electrons. The second-order valence-corrected chi connectivity index (χ2v) is 8.72. The van der Waals surface area contributed by atoms with Crippen molar-refractivity contribution in [2.24, 2.45) is 5.92 Å². The first-order chi connectivity index (χ1) is 14.2. The van der Waals surface area contributed by atoms with Crippen LogP contribution in [0, 0.1) is 5.92 Å². The molecule has 1 aliphatic rings. The summed E-state index contributed by atoms with van der Waals surface area (Å²) in [6.45, 7) is 9.19. The van der Waals surface area contributed by atoms with Crippen molar-refractivity contribution < 1.29 is 4.74 Å². The van der Waals surface area contributed by atoms with Crippen molar-refractivity contribution in [3.8, 4) is 5.75 Å². The Hall–Kier alpha value is -2.45. The van der Waals surface area contributed by atoms with Gasteiger partial charge in [0, 0.05) is 36.7 Å². The van der Waals surface area contributed by atoms with Crippen molar-refractivity contribution in [2.75, 3.05) is 38.2 Å². The third-order valence-electron chi connectivity index (χ3n) is 5.49. The number of thiophene rings is 1. The van der Waals surface area contributed by atoms with Crippen molar-refractivity contribution in [1.82, 2.24) is 25.1 Å². The largest absolute Gasteiger partial charge is 0.497 e. The Morgan fingerprint density at radius 2 is 1.83 bits per heavy atom. The van der Waals surface area contributed by atoms with Crippen molar-refractivity contribution in [1.29, 1.82) is 0 Å². The predicted molar refractivity (Wildman–Crippen MR) is 116 cm³/mol. The normalized spacial score (nSPS) is 16.3. The molecule has 2 aromatic heterocycles. The molecule has 1 fully saturated rings. The van der Waals surface area contributed by atoms with Crippen molar-refractivity contribution in [3.63, 3.8) is 0 Å². The van der Waals surface area contributed by atoms with Gasteiger partial charge in [-0.2, -0.15) is 0 Å².